The fourth-order valence-electron chi connectivity index (χ4n) is 7.56. The molecule has 0 saturated carbocycles. The Bertz CT molecular complexity index is 2210. The number of fused-ring (bicyclic) bond motifs is 2. The summed E-state index contributed by atoms with van der Waals surface area (Å²) in [5.74, 6) is -3.62. The molecule has 64 heavy (non-hydrogen) atoms. The number of hydrogen-bond donors (Lipinski definition) is 3. The van der Waals surface area contributed by atoms with Gasteiger partial charge in [-0.25, -0.2) is 9.37 Å². The Morgan fingerprint density at radius 2 is 1.59 bits per heavy atom. The highest BCUT2D eigenvalue weighted by atomic mass is 19.1. The van der Waals surface area contributed by atoms with E-state index in [1.807, 2.05) is 6.92 Å². The summed E-state index contributed by atoms with van der Waals surface area (Å²) in [6, 6.07) is 7.99. The predicted octanol–water partition coefficient (Wildman–Crippen LogP) is 2.11. The van der Waals surface area contributed by atoms with Gasteiger partial charge in [0.1, 0.15) is 24.1 Å². The second kappa shape index (κ2) is 23.0. The van der Waals surface area contributed by atoms with Crippen molar-refractivity contribution in [2.75, 3.05) is 79.7 Å². The molecular formula is C44H52FN5O14. The molecule has 3 aromatic rings. The van der Waals surface area contributed by atoms with Crippen molar-refractivity contribution < 1.29 is 71.1 Å². The highest BCUT2D eigenvalue weighted by Gasteiger charge is 2.46. The van der Waals surface area contributed by atoms with E-state index in [0.29, 0.717) is 75.1 Å². The zero-order valence-electron chi connectivity index (χ0n) is 35.7. The van der Waals surface area contributed by atoms with Crippen LogP contribution in [0.3, 0.4) is 0 Å². The van der Waals surface area contributed by atoms with Crippen LogP contribution in [0.25, 0.3) is 10.8 Å². The first-order valence-electron chi connectivity index (χ1n) is 21.1. The van der Waals surface area contributed by atoms with Crippen LogP contribution in [0.15, 0.2) is 42.6 Å². The lowest BCUT2D eigenvalue weighted by Gasteiger charge is -2.27. The monoisotopic (exact) mass is 893 g/mol. The van der Waals surface area contributed by atoms with E-state index in [-0.39, 0.29) is 68.3 Å². The van der Waals surface area contributed by atoms with Crippen LogP contribution < -0.4 is 30.2 Å². The first kappa shape index (κ1) is 47.4. The lowest BCUT2D eigenvalue weighted by atomic mass is 9.97. The molecule has 3 aliphatic heterocycles. The summed E-state index contributed by atoms with van der Waals surface area (Å²) in [5, 5.41) is 8.78. The number of ketones is 1. The summed E-state index contributed by atoms with van der Waals surface area (Å²) in [7, 11) is 1.48. The lowest BCUT2D eigenvalue weighted by Crippen LogP contribution is -2.54. The Kier molecular flexibility index (Phi) is 17.0. The van der Waals surface area contributed by atoms with E-state index in [1.165, 1.54) is 25.3 Å². The number of carbonyl (C=O) groups excluding carboxylic acids is 7. The zero-order valence-corrected chi connectivity index (χ0v) is 35.7. The second-order valence-corrected chi connectivity index (χ2v) is 15.0. The number of benzene rings is 2. The maximum atomic E-state index is 14.2. The van der Waals surface area contributed by atoms with E-state index in [1.54, 1.807) is 24.4 Å². The molecule has 0 aliphatic carbocycles. The third-order valence-corrected chi connectivity index (χ3v) is 10.9. The third kappa shape index (κ3) is 11.7. The van der Waals surface area contributed by atoms with Crippen molar-refractivity contribution in [2.24, 2.45) is 5.92 Å². The van der Waals surface area contributed by atoms with Gasteiger partial charge in [-0.2, -0.15) is 0 Å². The van der Waals surface area contributed by atoms with Crippen LogP contribution in [0.1, 0.15) is 70.1 Å². The zero-order chi connectivity index (χ0) is 45.6. The smallest absolute Gasteiger partial charge is 0.266 e. The molecule has 2 saturated heterocycles. The van der Waals surface area contributed by atoms with E-state index in [9.17, 15) is 38.0 Å². The Hall–Kier alpha value is -6.09. The van der Waals surface area contributed by atoms with Crippen molar-refractivity contribution in [3.05, 3.63) is 59.3 Å². The van der Waals surface area contributed by atoms with Gasteiger partial charge in [0.2, 0.25) is 17.7 Å². The average molecular weight is 894 g/mol. The van der Waals surface area contributed by atoms with Gasteiger partial charge in [-0.1, -0.05) is 13.0 Å². The van der Waals surface area contributed by atoms with Crippen LogP contribution in [0.4, 0.5) is 4.39 Å². The Labute approximate surface area is 367 Å². The minimum atomic E-state index is -1.57. The number of nitrogens with one attached hydrogen (secondary N) is 3. The fraction of sp³-hybridized carbons (Fsp3) is 0.500. The molecule has 20 heteroatoms. The van der Waals surface area contributed by atoms with Gasteiger partial charge in [0.25, 0.3) is 23.6 Å². The van der Waals surface area contributed by atoms with Crippen LogP contribution in [0.5, 0.6) is 17.4 Å². The Morgan fingerprint density at radius 3 is 2.30 bits per heavy atom. The van der Waals surface area contributed by atoms with E-state index in [0.717, 1.165) is 10.3 Å². The number of hydrogen-bond acceptors (Lipinski definition) is 15. The summed E-state index contributed by atoms with van der Waals surface area (Å²) in [4.78, 5) is 92.5. The summed E-state index contributed by atoms with van der Waals surface area (Å²) in [6.45, 7) is 4.16. The summed E-state index contributed by atoms with van der Waals surface area (Å²) in [5.41, 5.74) is 0.421. The maximum absolute atomic E-state index is 14.2. The predicted molar refractivity (Wildman–Crippen MR) is 223 cm³/mol. The van der Waals surface area contributed by atoms with E-state index >= 15 is 0 Å². The van der Waals surface area contributed by atoms with Crippen molar-refractivity contribution in [1.29, 1.82) is 0 Å². The maximum Gasteiger partial charge on any atom is 0.266 e. The number of amides is 6. The molecule has 0 radical (unpaired) electrons. The van der Waals surface area contributed by atoms with Gasteiger partial charge in [-0.15, -0.1) is 0 Å². The van der Waals surface area contributed by atoms with Crippen molar-refractivity contribution >= 4 is 52.0 Å². The molecule has 3 N–H and O–H groups in total. The molecule has 2 aromatic carbocycles. The van der Waals surface area contributed by atoms with Crippen LogP contribution in [-0.2, 0) is 38.1 Å². The Morgan fingerprint density at radius 1 is 0.875 bits per heavy atom. The topological polar surface area (TPSA) is 236 Å². The molecule has 1 aromatic heterocycles. The molecule has 3 aliphatic rings. The summed E-state index contributed by atoms with van der Waals surface area (Å²) in [6.07, 6.45) is 1.22. The number of ether oxygens (including phenoxy) is 7. The van der Waals surface area contributed by atoms with Gasteiger partial charge in [0, 0.05) is 43.5 Å². The van der Waals surface area contributed by atoms with Crippen LogP contribution in [0.2, 0.25) is 0 Å². The average Bonchev–Trinajstić information content (AvgIpc) is 3.72. The van der Waals surface area contributed by atoms with Crippen molar-refractivity contribution in [2.45, 2.75) is 57.3 Å². The Balaban J connectivity index is 0.772. The van der Waals surface area contributed by atoms with Crippen molar-refractivity contribution in [1.82, 2.24) is 25.8 Å². The van der Waals surface area contributed by atoms with Crippen LogP contribution >= 0.6 is 0 Å². The minimum absolute atomic E-state index is 0.00241. The number of Topliss-reactive ketones (excluding diaryl/α,β-unsaturated/α-hetero) is 1. The normalized spacial score (nSPS) is 19.4. The molecule has 19 nitrogen and oxygen atoms in total. The summed E-state index contributed by atoms with van der Waals surface area (Å²) >= 11 is 0. The standard InChI is InChI=1S/C44H52FN5O14/c1-3-27-31(48-41(55)39(27)45)24-64-42-29-23-35(58-2)30(22-26(29)11-12-47-42)33(51)7-5-14-59-16-18-61-20-21-62-19-17-60-15-13-46-37(53)25-63-34-8-4-6-28-38(34)44(57)50(43(28)56)32-9-10-36(52)49-40(32)54/h4,6,8,11-12,22-23,27,31-32,39H,3,5,7,9-10,13-21,24-25H2,1-2H3,(H,46,53)(H,48,55)(H,49,52,54)/t27-,31+,32?,39-/m0/s1. The lowest BCUT2D eigenvalue weighted by molar-refractivity contribution is -0.136. The second-order valence-electron chi connectivity index (χ2n) is 15.0. The number of carbonyl (C=O) groups is 7. The van der Waals surface area contributed by atoms with Crippen LogP contribution in [0, 0.1) is 5.92 Å². The number of piperidine rings is 1. The van der Waals surface area contributed by atoms with E-state index < -0.39 is 66.2 Å². The molecule has 0 bridgehead atoms. The molecule has 4 heterocycles. The molecule has 6 rings (SSSR count). The third-order valence-electron chi connectivity index (χ3n) is 10.9. The fourth-order valence-corrected chi connectivity index (χ4v) is 7.56. The number of aromatic nitrogens is 1. The van der Waals surface area contributed by atoms with Crippen molar-refractivity contribution in [3.8, 4) is 17.4 Å². The minimum Gasteiger partial charge on any atom is -0.496 e. The van der Waals surface area contributed by atoms with Gasteiger partial charge in [-0.3, -0.25) is 43.8 Å². The number of alkyl halides is 1. The highest BCUT2D eigenvalue weighted by molar-refractivity contribution is 6.24. The largest absolute Gasteiger partial charge is 0.496 e. The van der Waals surface area contributed by atoms with Gasteiger partial charge in [0.15, 0.2) is 18.6 Å². The quantitative estimate of drug-likeness (QED) is 0.0595. The van der Waals surface area contributed by atoms with E-state index in [2.05, 4.69) is 20.9 Å². The van der Waals surface area contributed by atoms with E-state index in [4.69, 9.17) is 33.2 Å². The molecule has 6 amide bonds. The van der Waals surface area contributed by atoms with Gasteiger partial charge in [-0.05, 0) is 55.0 Å². The first-order valence-corrected chi connectivity index (χ1v) is 21.1. The molecule has 344 valence electrons. The number of halogens is 1. The van der Waals surface area contributed by atoms with Crippen molar-refractivity contribution in [3.63, 3.8) is 0 Å². The van der Waals surface area contributed by atoms with Crippen LogP contribution in [-0.4, -0.2) is 149 Å². The van der Waals surface area contributed by atoms with Gasteiger partial charge >= 0.3 is 0 Å². The number of rotatable bonds is 26. The number of nitrogens with zero attached hydrogens (tertiary/aromatic N) is 2. The molecular weight excluding hydrogens is 842 g/mol. The number of pyridine rings is 1. The molecule has 4 atom stereocenters. The molecule has 0 spiro atoms. The first-order chi connectivity index (χ1) is 31.0. The molecule has 2 fully saturated rings. The van der Waals surface area contributed by atoms with Gasteiger partial charge < -0.3 is 43.8 Å². The summed E-state index contributed by atoms with van der Waals surface area (Å²) < 4.78 is 53.4. The number of imide groups is 2. The molecule has 1 unspecified atom stereocenters. The van der Waals surface area contributed by atoms with Gasteiger partial charge in [0.05, 0.1) is 76.1 Å². The number of methoxy groups -OCH3 is 1. The highest BCUT2D eigenvalue weighted by Crippen LogP contribution is 2.35. The SMILES string of the molecule is CC[C@@H]1[C@H](F)C(=O)N[C@@H]1COc1nccc2cc(C(=O)CCCOCCOCCOCCOCCNC(=O)COc3cccc4c3C(=O)N(C3CCC(=O)NC3=O)C4=O)c(OC)cc12.